The van der Waals surface area contributed by atoms with Crippen LogP contribution in [0.15, 0.2) is 10.8 Å². The van der Waals surface area contributed by atoms with Crippen LogP contribution in [0, 0.1) is 0 Å². The van der Waals surface area contributed by atoms with E-state index in [2.05, 4.69) is 25.9 Å². The van der Waals surface area contributed by atoms with Crippen molar-refractivity contribution in [1.82, 2.24) is 9.97 Å². The van der Waals surface area contributed by atoms with Gasteiger partial charge >= 0.3 is 5.97 Å². The molecule has 0 saturated heterocycles. The van der Waals surface area contributed by atoms with E-state index >= 15 is 0 Å². The van der Waals surface area contributed by atoms with E-state index in [1.54, 1.807) is 6.92 Å². The van der Waals surface area contributed by atoms with E-state index in [9.17, 15) is 4.79 Å². The number of nitrogens with two attached hydrogens (primary N) is 1. The zero-order valence-electron chi connectivity index (χ0n) is 6.95. The minimum absolute atomic E-state index is 0.148. The normalized spacial score (nSPS) is 9.69. The van der Waals surface area contributed by atoms with Crippen LogP contribution in [0.5, 0.6) is 0 Å². The Morgan fingerprint density at radius 3 is 3.00 bits per heavy atom. The van der Waals surface area contributed by atoms with Crippen LogP contribution < -0.4 is 5.73 Å². The van der Waals surface area contributed by atoms with Gasteiger partial charge in [-0.3, -0.25) is 0 Å². The second-order valence-electron chi connectivity index (χ2n) is 2.14. The molecule has 70 valence electrons. The molecule has 0 saturated carbocycles. The topological polar surface area (TPSA) is 78.1 Å². The molecule has 6 heteroatoms. The van der Waals surface area contributed by atoms with Gasteiger partial charge in [0.15, 0.2) is 5.69 Å². The molecular weight excluding hydrogens is 238 g/mol. The minimum Gasteiger partial charge on any atom is -0.461 e. The predicted octanol–water partition coefficient (Wildman–Crippen LogP) is 0.998. The lowest BCUT2D eigenvalue weighted by molar-refractivity contribution is 0.0518. The lowest BCUT2D eigenvalue weighted by atomic mass is 10.4. The molecule has 0 atom stereocenters. The van der Waals surface area contributed by atoms with Crippen LogP contribution in [-0.2, 0) is 4.74 Å². The molecule has 1 rings (SSSR count). The molecular formula is C7H8BrN3O2. The molecule has 0 aromatic carbocycles. The predicted molar refractivity (Wildman–Crippen MR) is 50.1 cm³/mol. The fraction of sp³-hybridized carbons (Fsp3) is 0.286. The van der Waals surface area contributed by atoms with Crippen LogP contribution in [0.2, 0.25) is 0 Å². The number of hydrogen-bond acceptors (Lipinski definition) is 5. The molecule has 0 unspecified atom stereocenters. The van der Waals surface area contributed by atoms with Crippen molar-refractivity contribution in [3.8, 4) is 0 Å². The highest BCUT2D eigenvalue weighted by molar-refractivity contribution is 9.10. The Balaban J connectivity index is 3.01. The third kappa shape index (κ3) is 2.15. The number of nitrogens with zero attached hydrogens (tertiary/aromatic N) is 2. The van der Waals surface area contributed by atoms with Crippen molar-refractivity contribution in [3.63, 3.8) is 0 Å². The molecule has 0 bridgehead atoms. The molecule has 1 heterocycles. The highest BCUT2D eigenvalue weighted by atomic mass is 79.9. The highest BCUT2D eigenvalue weighted by Gasteiger charge is 2.14. The van der Waals surface area contributed by atoms with E-state index in [1.165, 1.54) is 6.33 Å². The van der Waals surface area contributed by atoms with E-state index in [-0.39, 0.29) is 11.5 Å². The number of carbonyl (C=O) groups excluding carboxylic acids is 1. The van der Waals surface area contributed by atoms with Crippen molar-refractivity contribution >= 4 is 27.7 Å². The molecule has 1 aromatic heterocycles. The van der Waals surface area contributed by atoms with Crippen LogP contribution in [0.4, 0.5) is 5.82 Å². The lowest BCUT2D eigenvalue weighted by Gasteiger charge is -2.03. The van der Waals surface area contributed by atoms with Gasteiger partial charge in [0.1, 0.15) is 12.1 Å². The molecule has 2 N–H and O–H groups in total. The van der Waals surface area contributed by atoms with Gasteiger partial charge in [0.25, 0.3) is 0 Å². The summed E-state index contributed by atoms with van der Waals surface area (Å²) in [6, 6.07) is 0. The maximum absolute atomic E-state index is 11.2. The van der Waals surface area contributed by atoms with Gasteiger partial charge in [0, 0.05) is 0 Å². The van der Waals surface area contributed by atoms with E-state index in [1.807, 2.05) is 0 Å². The van der Waals surface area contributed by atoms with Gasteiger partial charge in [-0.05, 0) is 22.9 Å². The SMILES string of the molecule is CCOC(=O)c1ncnc(N)c1Br. The molecule has 5 nitrogen and oxygen atoms in total. The summed E-state index contributed by atoms with van der Waals surface area (Å²) in [5.41, 5.74) is 5.60. The fourth-order valence-electron chi connectivity index (χ4n) is 0.725. The van der Waals surface area contributed by atoms with Crippen molar-refractivity contribution in [2.45, 2.75) is 6.92 Å². The number of aromatic nitrogens is 2. The Hall–Kier alpha value is -1.17. The highest BCUT2D eigenvalue weighted by Crippen LogP contribution is 2.19. The van der Waals surface area contributed by atoms with Gasteiger partial charge in [0.2, 0.25) is 0 Å². The summed E-state index contributed by atoms with van der Waals surface area (Å²) < 4.78 is 5.12. The number of ether oxygens (including phenoxy) is 1. The summed E-state index contributed by atoms with van der Waals surface area (Å²) in [6.07, 6.45) is 1.21. The average Bonchev–Trinajstić information content (AvgIpc) is 2.10. The number of anilines is 1. The molecule has 1 aromatic rings. The Morgan fingerprint density at radius 1 is 1.69 bits per heavy atom. The first-order chi connectivity index (χ1) is 6.16. The smallest absolute Gasteiger partial charge is 0.358 e. The quantitative estimate of drug-likeness (QED) is 0.787. The first-order valence-electron chi connectivity index (χ1n) is 3.60. The van der Waals surface area contributed by atoms with Gasteiger partial charge in [-0.15, -0.1) is 0 Å². The summed E-state index contributed by atoms with van der Waals surface area (Å²) in [5, 5.41) is 0. The second-order valence-corrected chi connectivity index (χ2v) is 2.93. The van der Waals surface area contributed by atoms with E-state index in [0.29, 0.717) is 11.1 Å². The Bertz CT molecular complexity index is 330. The first kappa shape index (κ1) is 9.91. The molecule has 0 aliphatic carbocycles. The van der Waals surface area contributed by atoms with E-state index in [4.69, 9.17) is 10.5 Å². The zero-order valence-corrected chi connectivity index (χ0v) is 8.54. The second kappa shape index (κ2) is 4.18. The van der Waals surface area contributed by atoms with Crippen molar-refractivity contribution in [3.05, 3.63) is 16.5 Å². The van der Waals surface area contributed by atoms with E-state index < -0.39 is 5.97 Å². The number of carbonyl (C=O) groups is 1. The van der Waals surface area contributed by atoms with Crippen LogP contribution in [-0.4, -0.2) is 22.5 Å². The standard InChI is InChI=1S/C7H8BrN3O2/c1-2-13-7(12)5-4(8)6(9)11-3-10-5/h3H,2H2,1H3,(H2,9,10,11). The van der Waals surface area contributed by atoms with Crippen molar-refractivity contribution in [2.24, 2.45) is 0 Å². The maximum Gasteiger partial charge on any atom is 0.358 e. The van der Waals surface area contributed by atoms with Crippen LogP contribution >= 0.6 is 15.9 Å². The van der Waals surface area contributed by atoms with Crippen LogP contribution in [0.3, 0.4) is 0 Å². The number of rotatable bonds is 2. The molecule has 13 heavy (non-hydrogen) atoms. The van der Waals surface area contributed by atoms with Gasteiger partial charge in [-0.1, -0.05) is 0 Å². The summed E-state index contributed by atoms with van der Waals surface area (Å²) in [5.74, 6) is -0.290. The zero-order chi connectivity index (χ0) is 9.84. The molecule has 0 aliphatic heterocycles. The minimum atomic E-state index is -0.511. The summed E-state index contributed by atoms with van der Waals surface area (Å²) >= 11 is 3.10. The van der Waals surface area contributed by atoms with Crippen molar-refractivity contribution < 1.29 is 9.53 Å². The third-order valence-electron chi connectivity index (χ3n) is 1.29. The van der Waals surface area contributed by atoms with Gasteiger partial charge < -0.3 is 10.5 Å². The Morgan fingerprint density at radius 2 is 2.38 bits per heavy atom. The monoisotopic (exact) mass is 245 g/mol. The summed E-state index contributed by atoms with van der Waals surface area (Å²) in [4.78, 5) is 18.7. The Labute approximate surface area is 83.4 Å². The van der Waals surface area contributed by atoms with Gasteiger partial charge in [0.05, 0.1) is 11.1 Å². The molecule has 0 radical (unpaired) electrons. The number of esters is 1. The third-order valence-corrected chi connectivity index (χ3v) is 2.07. The summed E-state index contributed by atoms with van der Waals surface area (Å²) in [6.45, 7) is 2.02. The van der Waals surface area contributed by atoms with Crippen molar-refractivity contribution in [1.29, 1.82) is 0 Å². The van der Waals surface area contributed by atoms with Crippen LogP contribution in [0.25, 0.3) is 0 Å². The van der Waals surface area contributed by atoms with Gasteiger partial charge in [-0.25, -0.2) is 14.8 Å². The number of nitrogen functional groups attached to an aromatic ring is 1. The first-order valence-corrected chi connectivity index (χ1v) is 4.39. The maximum atomic E-state index is 11.2. The number of hydrogen-bond donors (Lipinski definition) is 1. The molecule has 0 amide bonds. The summed E-state index contributed by atoms with van der Waals surface area (Å²) in [7, 11) is 0. The molecule has 0 aliphatic rings. The number of halogens is 1. The Kier molecular flexibility index (Phi) is 3.18. The van der Waals surface area contributed by atoms with Crippen molar-refractivity contribution in [2.75, 3.05) is 12.3 Å². The van der Waals surface area contributed by atoms with E-state index in [0.717, 1.165) is 0 Å². The van der Waals surface area contributed by atoms with Crippen LogP contribution in [0.1, 0.15) is 17.4 Å². The molecule has 0 fully saturated rings. The largest absolute Gasteiger partial charge is 0.461 e. The average molecular weight is 246 g/mol. The lowest BCUT2D eigenvalue weighted by Crippen LogP contribution is -2.09. The fourth-order valence-corrected chi connectivity index (χ4v) is 1.09. The molecule has 0 spiro atoms. The van der Waals surface area contributed by atoms with Gasteiger partial charge in [-0.2, -0.15) is 0 Å².